The Morgan fingerprint density at radius 3 is 2.31 bits per heavy atom. The number of carbonyl (C=O) groups excluding carboxylic acids is 3. The summed E-state index contributed by atoms with van der Waals surface area (Å²) in [4.78, 5) is 39.7. The largest absolute Gasteiger partial charge is 0.503 e. The number of Topliss-reactive ketones (excluding diaryl/α,β-unsaturated/α-hetero) is 1. The van der Waals surface area contributed by atoms with Gasteiger partial charge in [0.25, 0.3) is 5.91 Å². The zero-order valence-corrected chi connectivity index (χ0v) is 20.1. The van der Waals surface area contributed by atoms with Crippen molar-refractivity contribution in [1.82, 2.24) is 0 Å². The SMILES string of the molecule is COC(=O)Cc1ccc(N2C(=O)C(O)=C(C(=O)CCc3ccccc3)C2c2cccc(OC)c2)cc1. The van der Waals surface area contributed by atoms with Crippen LogP contribution in [-0.4, -0.2) is 37.0 Å². The van der Waals surface area contributed by atoms with E-state index in [0.29, 0.717) is 29.0 Å². The summed E-state index contributed by atoms with van der Waals surface area (Å²) in [5.41, 5.74) is 2.88. The van der Waals surface area contributed by atoms with Crippen molar-refractivity contribution in [3.05, 3.63) is 107 Å². The maximum Gasteiger partial charge on any atom is 0.309 e. The Morgan fingerprint density at radius 2 is 1.64 bits per heavy atom. The highest BCUT2D eigenvalue weighted by Gasteiger charge is 2.44. The van der Waals surface area contributed by atoms with E-state index in [2.05, 4.69) is 0 Å². The molecule has 3 aromatic carbocycles. The summed E-state index contributed by atoms with van der Waals surface area (Å²) in [6.07, 6.45) is 0.720. The molecule has 0 fully saturated rings. The van der Waals surface area contributed by atoms with Crippen LogP contribution < -0.4 is 9.64 Å². The summed E-state index contributed by atoms with van der Waals surface area (Å²) < 4.78 is 10.1. The Bertz CT molecular complexity index is 1300. The van der Waals surface area contributed by atoms with Crippen LogP contribution in [0, 0.1) is 0 Å². The second kappa shape index (κ2) is 10.9. The zero-order valence-electron chi connectivity index (χ0n) is 20.1. The molecule has 1 heterocycles. The van der Waals surface area contributed by atoms with Crippen molar-refractivity contribution < 1.29 is 29.0 Å². The van der Waals surface area contributed by atoms with E-state index in [9.17, 15) is 19.5 Å². The van der Waals surface area contributed by atoms with Crippen molar-refractivity contribution in [1.29, 1.82) is 0 Å². The summed E-state index contributed by atoms with van der Waals surface area (Å²) >= 11 is 0. The van der Waals surface area contributed by atoms with Crippen molar-refractivity contribution in [2.45, 2.75) is 25.3 Å². The second-order valence-electron chi connectivity index (χ2n) is 8.44. The lowest BCUT2D eigenvalue weighted by molar-refractivity contribution is -0.139. The lowest BCUT2D eigenvalue weighted by Crippen LogP contribution is -2.31. The van der Waals surface area contributed by atoms with Crippen LogP contribution in [0.3, 0.4) is 0 Å². The summed E-state index contributed by atoms with van der Waals surface area (Å²) in [6.45, 7) is 0. The number of ether oxygens (including phenoxy) is 2. The molecule has 1 aliphatic heterocycles. The predicted molar refractivity (Wildman–Crippen MR) is 135 cm³/mol. The number of aryl methyl sites for hydroxylation is 1. The minimum absolute atomic E-state index is 0.0582. The van der Waals surface area contributed by atoms with E-state index in [1.165, 1.54) is 19.1 Å². The lowest BCUT2D eigenvalue weighted by atomic mass is 9.93. The number of nitrogens with zero attached hydrogens (tertiary/aromatic N) is 1. The summed E-state index contributed by atoms with van der Waals surface area (Å²) in [7, 11) is 2.86. The highest BCUT2D eigenvalue weighted by molar-refractivity contribution is 6.16. The molecule has 3 aromatic rings. The van der Waals surface area contributed by atoms with Gasteiger partial charge in [-0.25, -0.2) is 0 Å². The molecule has 0 saturated heterocycles. The maximum absolute atomic E-state index is 13.4. The molecule has 1 amide bonds. The van der Waals surface area contributed by atoms with Gasteiger partial charge in [0.1, 0.15) is 5.75 Å². The first-order valence-corrected chi connectivity index (χ1v) is 11.6. The van der Waals surface area contributed by atoms with Gasteiger partial charge in [-0.1, -0.05) is 54.6 Å². The monoisotopic (exact) mass is 485 g/mol. The highest BCUT2D eigenvalue weighted by atomic mass is 16.5. The van der Waals surface area contributed by atoms with Crippen LogP contribution in [0.5, 0.6) is 5.75 Å². The van der Waals surface area contributed by atoms with Crippen molar-refractivity contribution >= 4 is 23.3 Å². The number of aliphatic hydroxyl groups is 1. The summed E-state index contributed by atoms with van der Waals surface area (Å²) in [5, 5.41) is 10.9. The minimum atomic E-state index is -0.831. The first-order valence-electron chi connectivity index (χ1n) is 11.6. The molecule has 1 N–H and O–H groups in total. The number of methoxy groups -OCH3 is 2. The van der Waals surface area contributed by atoms with Gasteiger partial charge in [-0.05, 0) is 47.4 Å². The molecular weight excluding hydrogens is 458 g/mol. The molecule has 7 nitrogen and oxygen atoms in total. The fraction of sp³-hybridized carbons (Fsp3) is 0.207. The Morgan fingerprint density at radius 1 is 0.917 bits per heavy atom. The first-order chi connectivity index (χ1) is 17.4. The highest BCUT2D eigenvalue weighted by Crippen LogP contribution is 2.42. The Labute approximate surface area is 209 Å². The van der Waals surface area contributed by atoms with Gasteiger partial charge in [-0.3, -0.25) is 19.3 Å². The topological polar surface area (TPSA) is 93.1 Å². The quantitative estimate of drug-likeness (QED) is 0.448. The molecule has 0 radical (unpaired) electrons. The minimum Gasteiger partial charge on any atom is -0.503 e. The summed E-state index contributed by atoms with van der Waals surface area (Å²) in [6, 6.07) is 22.6. The van der Waals surface area contributed by atoms with Crippen molar-refractivity contribution in [3.63, 3.8) is 0 Å². The van der Waals surface area contributed by atoms with Gasteiger partial charge in [0.05, 0.1) is 32.3 Å². The molecule has 1 aliphatic rings. The maximum atomic E-state index is 13.4. The van der Waals surface area contributed by atoms with Crippen LogP contribution in [0.1, 0.15) is 29.2 Å². The number of esters is 1. The average molecular weight is 486 g/mol. The molecule has 1 unspecified atom stereocenters. The normalized spacial score (nSPS) is 15.2. The molecular formula is C29H27NO6. The van der Waals surface area contributed by atoms with Crippen LogP contribution in [0.15, 0.2) is 90.2 Å². The fourth-order valence-electron chi connectivity index (χ4n) is 4.33. The van der Waals surface area contributed by atoms with Crippen molar-refractivity contribution in [3.8, 4) is 5.75 Å². The van der Waals surface area contributed by atoms with E-state index in [1.807, 2.05) is 30.3 Å². The number of hydrogen-bond donors (Lipinski definition) is 1. The molecule has 0 aliphatic carbocycles. The third-order valence-corrected chi connectivity index (χ3v) is 6.19. The lowest BCUT2D eigenvalue weighted by Gasteiger charge is -2.27. The standard InChI is InChI=1S/C29H27NO6/c1-35-23-10-6-9-21(18-23)27-26(24(31)16-13-19-7-4-3-5-8-19)28(33)29(34)30(27)22-14-11-20(12-15-22)17-25(32)36-2/h3-12,14-15,18,27,33H,13,16-17H2,1-2H3. The number of carbonyl (C=O) groups is 3. The van der Waals surface area contributed by atoms with Gasteiger partial charge in [-0.2, -0.15) is 0 Å². The van der Waals surface area contributed by atoms with Crippen LogP contribution >= 0.6 is 0 Å². The van der Waals surface area contributed by atoms with Crippen LogP contribution in [0.4, 0.5) is 5.69 Å². The van der Waals surface area contributed by atoms with Gasteiger partial charge < -0.3 is 14.6 Å². The van der Waals surface area contributed by atoms with E-state index >= 15 is 0 Å². The van der Waals surface area contributed by atoms with E-state index in [0.717, 1.165) is 5.56 Å². The summed E-state index contributed by atoms with van der Waals surface area (Å²) in [5.74, 6) is -1.33. The Kier molecular flexibility index (Phi) is 7.49. The molecule has 0 aromatic heterocycles. The third-order valence-electron chi connectivity index (χ3n) is 6.19. The van der Waals surface area contributed by atoms with E-state index < -0.39 is 17.7 Å². The fourth-order valence-corrected chi connectivity index (χ4v) is 4.33. The van der Waals surface area contributed by atoms with Gasteiger partial charge in [0, 0.05) is 12.1 Å². The van der Waals surface area contributed by atoms with Crippen LogP contribution in [0.25, 0.3) is 0 Å². The second-order valence-corrected chi connectivity index (χ2v) is 8.44. The van der Waals surface area contributed by atoms with Crippen molar-refractivity contribution in [2.75, 3.05) is 19.1 Å². The molecule has 0 bridgehead atoms. The number of rotatable bonds is 9. The molecule has 1 atom stereocenters. The van der Waals surface area contributed by atoms with E-state index in [-0.39, 0.29) is 30.2 Å². The number of aliphatic hydroxyl groups excluding tert-OH is 1. The number of amides is 1. The number of ketones is 1. The number of anilines is 1. The smallest absolute Gasteiger partial charge is 0.309 e. The predicted octanol–water partition coefficient (Wildman–Crippen LogP) is 4.51. The van der Waals surface area contributed by atoms with Gasteiger partial charge in [0.15, 0.2) is 11.5 Å². The van der Waals surface area contributed by atoms with Crippen molar-refractivity contribution in [2.24, 2.45) is 0 Å². The van der Waals surface area contributed by atoms with Gasteiger partial charge in [-0.15, -0.1) is 0 Å². The Hall–Kier alpha value is -4.39. The number of benzene rings is 3. The van der Waals surface area contributed by atoms with Crippen LogP contribution in [0.2, 0.25) is 0 Å². The molecule has 36 heavy (non-hydrogen) atoms. The molecule has 184 valence electrons. The van der Waals surface area contributed by atoms with Gasteiger partial charge >= 0.3 is 5.97 Å². The molecule has 7 heteroatoms. The van der Waals surface area contributed by atoms with Gasteiger partial charge in [0.2, 0.25) is 0 Å². The molecule has 0 spiro atoms. The van der Waals surface area contributed by atoms with E-state index in [1.54, 1.807) is 48.5 Å². The third kappa shape index (κ3) is 5.15. The van der Waals surface area contributed by atoms with E-state index in [4.69, 9.17) is 9.47 Å². The Balaban J connectivity index is 1.70. The zero-order chi connectivity index (χ0) is 25.7. The molecule has 4 rings (SSSR count). The van der Waals surface area contributed by atoms with Crippen LogP contribution in [-0.2, 0) is 32.0 Å². The average Bonchev–Trinajstić information content (AvgIpc) is 3.18. The first kappa shape index (κ1) is 24.7. The molecule has 0 saturated carbocycles. The number of hydrogen-bond acceptors (Lipinski definition) is 6.